The van der Waals surface area contributed by atoms with E-state index in [1.807, 2.05) is 60.5 Å². The van der Waals surface area contributed by atoms with Crippen molar-refractivity contribution in [3.05, 3.63) is 81.4 Å². The van der Waals surface area contributed by atoms with E-state index in [-0.39, 0.29) is 11.8 Å². The molecule has 0 spiro atoms. The largest absolute Gasteiger partial charge is 0.381 e. The van der Waals surface area contributed by atoms with Crippen LogP contribution in [0.15, 0.2) is 36.4 Å². The molecule has 11 nitrogen and oxygen atoms in total. The number of hydrogen-bond donors (Lipinski definition) is 2. The number of fused-ring (bicyclic) bond motifs is 2. The summed E-state index contributed by atoms with van der Waals surface area (Å²) >= 11 is 6.97. The lowest BCUT2D eigenvalue weighted by Crippen LogP contribution is -2.42. The second-order valence-corrected chi connectivity index (χ2v) is 13.4. The predicted molar refractivity (Wildman–Crippen MR) is 187 cm³/mol. The number of nitrogens with one attached hydrogen (secondary N) is 2. The van der Waals surface area contributed by atoms with E-state index in [4.69, 9.17) is 26.3 Å². The molecule has 4 aromatic rings. The normalized spacial score (nSPS) is 17.2. The van der Waals surface area contributed by atoms with Gasteiger partial charge >= 0.3 is 0 Å². The van der Waals surface area contributed by atoms with Crippen molar-refractivity contribution in [2.45, 2.75) is 58.7 Å². The molecule has 48 heavy (non-hydrogen) atoms. The van der Waals surface area contributed by atoms with Crippen LogP contribution >= 0.6 is 11.6 Å². The number of amides is 2. The van der Waals surface area contributed by atoms with E-state index in [1.165, 1.54) is 0 Å². The molecule has 2 aromatic carbocycles. The average Bonchev–Trinajstić information content (AvgIpc) is 3.62. The molecule has 3 aliphatic heterocycles. The van der Waals surface area contributed by atoms with Gasteiger partial charge in [0.2, 0.25) is 0 Å². The lowest BCUT2D eigenvalue weighted by atomic mass is 9.98. The Hall–Kier alpha value is -4.03. The number of likely N-dealkylation sites (N-methyl/N-ethyl adjacent to an activating group) is 1. The van der Waals surface area contributed by atoms with Gasteiger partial charge < -0.3 is 24.5 Å². The van der Waals surface area contributed by atoms with Crippen LogP contribution in [-0.4, -0.2) is 79.6 Å². The Morgan fingerprint density at radius 2 is 1.44 bits per heavy atom. The van der Waals surface area contributed by atoms with Crippen molar-refractivity contribution in [2.75, 3.05) is 43.5 Å². The van der Waals surface area contributed by atoms with Crippen LogP contribution in [0, 0.1) is 6.92 Å². The van der Waals surface area contributed by atoms with Gasteiger partial charge in [0, 0.05) is 95.0 Å². The topological polar surface area (TPSA) is 110 Å². The molecule has 2 N–H and O–H groups in total. The van der Waals surface area contributed by atoms with E-state index in [1.54, 1.807) is 6.07 Å². The van der Waals surface area contributed by atoms with Crippen molar-refractivity contribution in [3.8, 4) is 11.1 Å². The number of ether oxygens (including phenoxy) is 1. The third kappa shape index (κ3) is 6.04. The van der Waals surface area contributed by atoms with E-state index in [0.717, 1.165) is 111 Å². The summed E-state index contributed by atoms with van der Waals surface area (Å²) in [5.74, 6) is 0.212. The summed E-state index contributed by atoms with van der Waals surface area (Å²) < 4.78 is 9.39. The van der Waals surface area contributed by atoms with Crippen molar-refractivity contribution < 1.29 is 14.3 Å². The number of carbonyl (C=O) groups is 2. The van der Waals surface area contributed by atoms with Gasteiger partial charge in [0.15, 0.2) is 11.6 Å². The zero-order valence-electron chi connectivity index (χ0n) is 28.1. The number of imidazole rings is 2. The monoisotopic (exact) mass is 670 g/mol. The van der Waals surface area contributed by atoms with Crippen LogP contribution in [0.2, 0.25) is 5.02 Å². The highest BCUT2D eigenvalue weighted by molar-refractivity contribution is 6.36. The van der Waals surface area contributed by atoms with Gasteiger partial charge in [0.1, 0.15) is 0 Å². The number of aromatic nitrogens is 4. The SMILES string of the molecule is CCN1CCc2c(nc(C(=O)Nc3cccc(-c4cccc(NC(=O)c5nc6c(n5C)CCN(C5CCOCC5)C6)c4C)c3Cl)n2C)C1. The molecule has 1 fully saturated rings. The van der Waals surface area contributed by atoms with Crippen LogP contribution in [0.4, 0.5) is 11.4 Å². The molecule has 0 radical (unpaired) electrons. The molecule has 252 valence electrons. The first-order chi connectivity index (χ1) is 23.2. The minimum Gasteiger partial charge on any atom is -0.381 e. The minimum absolute atomic E-state index is 0.253. The van der Waals surface area contributed by atoms with Gasteiger partial charge in [0.05, 0.1) is 22.1 Å². The average molecular weight is 671 g/mol. The van der Waals surface area contributed by atoms with Gasteiger partial charge in [0.25, 0.3) is 11.8 Å². The number of hydrogen-bond acceptors (Lipinski definition) is 7. The molecular formula is C36H43ClN8O3. The summed E-state index contributed by atoms with van der Waals surface area (Å²) in [6.45, 7) is 10.1. The van der Waals surface area contributed by atoms with E-state index in [2.05, 4.69) is 27.4 Å². The van der Waals surface area contributed by atoms with Crippen LogP contribution in [-0.2, 0) is 44.8 Å². The summed E-state index contributed by atoms with van der Waals surface area (Å²) in [5, 5.41) is 6.52. The Balaban J connectivity index is 1.09. The van der Waals surface area contributed by atoms with E-state index >= 15 is 0 Å². The summed E-state index contributed by atoms with van der Waals surface area (Å²) in [4.78, 5) is 41.4. The van der Waals surface area contributed by atoms with Gasteiger partial charge in [-0.15, -0.1) is 0 Å². The van der Waals surface area contributed by atoms with Crippen LogP contribution in [0.25, 0.3) is 11.1 Å². The van der Waals surface area contributed by atoms with Gasteiger partial charge in [-0.1, -0.05) is 42.8 Å². The van der Waals surface area contributed by atoms with Crippen LogP contribution in [0.3, 0.4) is 0 Å². The first-order valence-corrected chi connectivity index (χ1v) is 17.3. The summed E-state index contributed by atoms with van der Waals surface area (Å²) in [5.41, 5.74) is 7.78. The fourth-order valence-electron chi connectivity index (χ4n) is 7.42. The number of anilines is 2. The van der Waals surface area contributed by atoms with E-state index < -0.39 is 0 Å². The fraction of sp³-hybridized carbons (Fsp3) is 0.444. The minimum atomic E-state index is -0.305. The molecule has 2 aromatic heterocycles. The molecule has 12 heteroatoms. The van der Waals surface area contributed by atoms with Crippen LogP contribution in [0.5, 0.6) is 0 Å². The molecule has 1 saturated heterocycles. The van der Waals surface area contributed by atoms with E-state index in [0.29, 0.717) is 34.1 Å². The van der Waals surface area contributed by atoms with Crippen molar-refractivity contribution in [3.63, 3.8) is 0 Å². The second kappa shape index (κ2) is 13.5. The second-order valence-electron chi connectivity index (χ2n) is 13.0. The first-order valence-electron chi connectivity index (χ1n) is 16.9. The Morgan fingerprint density at radius 3 is 2.10 bits per heavy atom. The summed E-state index contributed by atoms with van der Waals surface area (Å²) in [6.07, 6.45) is 3.80. The Kier molecular flexibility index (Phi) is 9.12. The number of nitrogens with zero attached hydrogens (tertiary/aromatic N) is 6. The molecule has 3 aliphatic rings. The molecule has 0 aliphatic carbocycles. The van der Waals surface area contributed by atoms with Crippen LogP contribution < -0.4 is 10.6 Å². The molecule has 0 atom stereocenters. The van der Waals surface area contributed by atoms with Crippen molar-refractivity contribution in [1.82, 2.24) is 28.9 Å². The van der Waals surface area contributed by atoms with Crippen molar-refractivity contribution in [2.24, 2.45) is 14.1 Å². The van der Waals surface area contributed by atoms with Gasteiger partial charge in [-0.3, -0.25) is 19.4 Å². The predicted octanol–water partition coefficient (Wildman–Crippen LogP) is 5.20. The summed E-state index contributed by atoms with van der Waals surface area (Å²) in [6, 6.07) is 11.8. The Morgan fingerprint density at radius 1 is 0.854 bits per heavy atom. The van der Waals surface area contributed by atoms with Gasteiger partial charge in [-0.25, -0.2) is 9.97 Å². The lowest BCUT2D eigenvalue weighted by Gasteiger charge is -2.36. The Labute approximate surface area is 286 Å². The lowest BCUT2D eigenvalue weighted by molar-refractivity contribution is 0.0283. The Bertz CT molecular complexity index is 1870. The van der Waals surface area contributed by atoms with E-state index in [9.17, 15) is 9.59 Å². The zero-order valence-corrected chi connectivity index (χ0v) is 28.9. The maximum Gasteiger partial charge on any atom is 0.291 e. The number of benzene rings is 2. The van der Waals surface area contributed by atoms with Gasteiger partial charge in [-0.2, -0.15) is 0 Å². The van der Waals surface area contributed by atoms with Crippen molar-refractivity contribution in [1.29, 1.82) is 0 Å². The number of halogens is 1. The highest BCUT2D eigenvalue weighted by atomic mass is 35.5. The first kappa shape index (κ1) is 32.5. The number of carbonyl (C=O) groups excluding carboxylic acids is 2. The highest BCUT2D eigenvalue weighted by Crippen LogP contribution is 2.38. The third-order valence-corrected chi connectivity index (χ3v) is 10.7. The molecule has 2 amide bonds. The molecular weight excluding hydrogens is 628 g/mol. The molecule has 7 rings (SSSR count). The van der Waals surface area contributed by atoms with Gasteiger partial charge in [-0.05, 0) is 49.6 Å². The molecule has 0 saturated carbocycles. The standard InChI is InChI=1S/C36H43ClN8O3/c1-5-44-16-12-30-28(20-44)38-34(42(30)3)36(47)41-27-11-7-9-25(32(27)37)24-8-6-10-26(22(24)2)40-35(46)33-39-29-21-45(17-13-31(29)43(33)4)23-14-18-48-19-15-23/h6-11,23H,5,12-21H2,1-4H3,(H,40,46)(H,41,47). The molecule has 0 unspecified atom stereocenters. The number of rotatable bonds is 7. The summed E-state index contributed by atoms with van der Waals surface area (Å²) in [7, 11) is 3.82. The zero-order chi connectivity index (χ0) is 33.5. The highest BCUT2D eigenvalue weighted by Gasteiger charge is 2.30. The maximum absolute atomic E-state index is 13.6. The molecule has 0 bridgehead atoms. The molecule has 5 heterocycles. The maximum atomic E-state index is 13.6. The van der Waals surface area contributed by atoms with Crippen molar-refractivity contribution >= 4 is 34.8 Å². The fourth-order valence-corrected chi connectivity index (χ4v) is 7.70. The van der Waals surface area contributed by atoms with Crippen LogP contribution in [0.1, 0.15) is 69.3 Å². The smallest absolute Gasteiger partial charge is 0.291 e. The third-order valence-electron chi connectivity index (χ3n) is 10.3. The quantitative estimate of drug-likeness (QED) is 0.278.